The Morgan fingerprint density at radius 3 is 2.43 bits per heavy atom. The number of carbonyl (C=O) groups is 1. The van der Waals surface area contributed by atoms with Crippen LogP contribution in [0.4, 0.5) is 0 Å². The van der Waals surface area contributed by atoms with Gasteiger partial charge in [0.25, 0.3) is 15.0 Å². The van der Waals surface area contributed by atoms with Crippen LogP contribution >= 0.6 is 0 Å². The standard InChI is InChI=1S/C11H16O2Si/c1-3-11(12)13-14(4-2)10-8-6-5-7-9-10/h5-9,14H,3-4H2,1-2H3. The summed E-state index contributed by atoms with van der Waals surface area (Å²) in [7, 11) is -1.50. The van der Waals surface area contributed by atoms with Gasteiger partial charge >= 0.3 is 0 Å². The molecule has 0 bridgehead atoms. The monoisotopic (exact) mass is 208 g/mol. The summed E-state index contributed by atoms with van der Waals surface area (Å²) in [4.78, 5) is 11.2. The van der Waals surface area contributed by atoms with E-state index in [1.165, 1.54) is 5.19 Å². The highest BCUT2D eigenvalue weighted by Gasteiger charge is 2.15. The zero-order valence-corrected chi connectivity index (χ0v) is 9.85. The predicted octanol–water partition coefficient (Wildman–Crippen LogP) is 1.59. The highest BCUT2D eigenvalue weighted by atomic mass is 28.3. The Hall–Kier alpha value is -1.09. The van der Waals surface area contributed by atoms with Crippen LogP contribution < -0.4 is 5.19 Å². The Morgan fingerprint density at radius 1 is 1.29 bits per heavy atom. The van der Waals surface area contributed by atoms with Gasteiger partial charge in [-0.15, -0.1) is 0 Å². The van der Waals surface area contributed by atoms with E-state index in [-0.39, 0.29) is 5.97 Å². The van der Waals surface area contributed by atoms with E-state index < -0.39 is 9.04 Å². The fourth-order valence-electron chi connectivity index (χ4n) is 1.30. The Labute approximate surface area is 86.6 Å². The molecule has 1 aromatic carbocycles. The lowest BCUT2D eigenvalue weighted by Gasteiger charge is -2.14. The van der Waals surface area contributed by atoms with E-state index in [9.17, 15) is 4.79 Å². The van der Waals surface area contributed by atoms with Crippen LogP contribution in [-0.4, -0.2) is 15.0 Å². The van der Waals surface area contributed by atoms with E-state index in [0.717, 1.165) is 6.04 Å². The molecule has 0 N–H and O–H groups in total. The maximum atomic E-state index is 11.2. The molecular weight excluding hydrogens is 192 g/mol. The lowest BCUT2D eigenvalue weighted by atomic mass is 10.4. The average Bonchev–Trinajstić information content (AvgIpc) is 2.26. The molecule has 0 saturated heterocycles. The summed E-state index contributed by atoms with van der Waals surface area (Å²) in [6, 6.07) is 11.0. The van der Waals surface area contributed by atoms with Gasteiger partial charge in [-0.05, 0) is 11.2 Å². The van der Waals surface area contributed by atoms with Gasteiger partial charge in [-0.3, -0.25) is 4.79 Å². The van der Waals surface area contributed by atoms with Crippen molar-refractivity contribution in [1.29, 1.82) is 0 Å². The lowest BCUT2D eigenvalue weighted by molar-refractivity contribution is -0.134. The van der Waals surface area contributed by atoms with Crippen molar-refractivity contribution in [1.82, 2.24) is 0 Å². The molecule has 2 nitrogen and oxygen atoms in total. The van der Waals surface area contributed by atoms with Gasteiger partial charge in [-0.25, -0.2) is 0 Å². The van der Waals surface area contributed by atoms with Crippen molar-refractivity contribution in [2.45, 2.75) is 26.3 Å². The molecule has 0 heterocycles. The maximum absolute atomic E-state index is 11.2. The van der Waals surface area contributed by atoms with E-state index in [2.05, 4.69) is 6.92 Å². The molecule has 1 aromatic rings. The number of hydrogen-bond donors (Lipinski definition) is 0. The van der Waals surface area contributed by atoms with E-state index in [4.69, 9.17) is 4.43 Å². The van der Waals surface area contributed by atoms with Crippen LogP contribution in [0.2, 0.25) is 6.04 Å². The van der Waals surface area contributed by atoms with Gasteiger partial charge in [0.05, 0.1) is 0 Å². The third-order valence-corrected chi connectivity index (χ3v) is 4.52. The second-order valence-electron chi connectivity index (χ2n) is 3.15. The Bertz CT molecular complexity index is 285. The van der Waals surface area contributed by atoms with Gasteiger partial charge in [-0.1, -0.05) is 44.2 Å². The zero-order valence-electron chi connectivity index (χ0n) is 8.69. The Balaban J connectivity index is 2.68. The fourth-order valence-corrected chi connectivity index (χ4v) is 3.21. The third-order valence-electron chi connectivity index (χ3n) is 2.10. The fraction of sp³-hybridized carbons (Fsp3) is 0.364. The smallest absolute Gasteiger partial charge is 0.292 e. The molecule has 0 spiro atoms. The largest absolute Gasteiger partial charge is 0.518 e. The van der Waals surface area contributed by atoms with Gasteiger partial charge in [0.1, 0.15) is 0 Å². The van der Waals surface area contributed by atoms with Crippen molar-refractivity contribution >= 4 is 20.2 Å². The van der Waals surface area contributed by atoms with Gasteiger partial charge in [0, 0.05) is 6.42 Å². The normalized spacial score (nSPS) is 12.1. The molecular formula is C11H16O2Si. The van der Waals surface area contributed by atoms with Gasteiger partial charge < -0.3 is 4.43 Å². The summed E-state index contributed by atoms with van der Waals surface area (Å²) < 4.78 is 5.43. The topological polar surface area (TPSA) is 26.3 Å². The van der Waals surface area contributed by atoms with Crippen molar-refractivity contribution < 1.29 is 9.22 Å². The van der Waals surface area contributed by atoms with Crippen LogP contribution in [0.5, 0.6) is 0 Å². The van der Waals surface area contributed by atoms with Gasteiger partial charge in [0.2, 0.25) is 0 Å². The number of hydrogen-bond acceptors (Lipinski definition) is 2. The van der Waals surface area contributed by atoms with E-state index in [0.29, 0.717) is 6.42 Å². The predicted molar refractivity (Wildman–Crippen MR) is 60.1 cm³/mol. The molecule has 0 aliphatic rings. The minimum Gasteiger partial charge on any atom is -0.518 e. The maximum Gasteiger partial charge on any atom is 0.292 e. The van der Waals surface area contributed by atoms with Gasteiger partial charge in [-0.2, -0.15) is 0 Å². The van der Waals surface area contributed by atoms with Gasteiger partial charge in [0.15, 0.2) is 0 Å². The molecule has 3 heteroatoms. The third kappa shape index (κ3) is 2.99. The van der Waals surface area contributed by atoms with E-state index in [1.54, 1.807) is 0 Å². The summed E-state index contributed by atoms with van der Waals surface area (Å²) in [6.07, 6.45) is 0.469. The Kier molecular flexibility index (Phi) is 4.39. The molecule has 14 heavy (non-hydrogen) atoms. The van der Waals surface area contributed by atoms with E-state index in [1.807, 2.05) is 37.3 Å². The number of carbonyl (C=O) groups excluding carboxylic acids is 1. The molecule has 0 amide bonds. The van der Waals surface area contributed by atoms with Crippen molar-refractivity contribution in [3.63, 3.8) is 0 Å². The van der Waals surface area contributed by atoms with Crippen LogP contribution in [-0.2, 0) is 9.22 Å². The lowest BCUT2D eigenvalue weighted by Crippen LogP contribution is -2.34. The zero-order chi connectivity index (χ0) is 10.4. The Morgan fingerprint density at radius 2 is 1.93 bits per heavy atom. The summed E-state index contributed by atoms with van der Waals surface area (Å²) >= 11 is 0. The average molecular weight is 208 g/mol. The quantitative estimate of drug-likeness (QED) is 0.702. The van der Waals surface area contributed by atoms with Crippen molar-refractivity contribution in [2.24, 2.45) is 0 Å². The van der Waals surface area contributed by atoms with Crippen molar-refractivity contribution in [3.8, 4) is 0 Å². The molecule has 0 aromatic heterocycles. The summed E-state index contributed by atoms with van der Waals surface area (Å²) in [5.74, 6) is -0.0765. The van der Waals surface area contributed by atoms with E-state index >= 15 is 0 Å². The number of rotatable bonds is 4. The van der Waals surface area contributed by atoms with Crippen LogP contribution in [0.3, 0.4) is 0 Å². The minimum absolute atomic E-state index is 0.0765. The molecule has 0 radical (unpaired) electrons. The van der Waals surface area contributed by atoms with Crippen LogP contribution in [0.25, 0.3) is 0 Å². The van der Waals surface area contributed by atoms with Crippen LogP contribution in [0, 0.1) is 0 Å². The van der Waals surface area contributed by atoms with Crippen molar-refractivity contribution in [3.05, 3.63) is 30.3 Å². The summed E-state index contributed by atoms with van der Waals surface area (Å²) in [5.41, 5.74) is 0. The SMILES string of the molecule is CCC(=O)O[SiH](CC)c1ccccc1. The molecule has 0 aliphatic heterocycles. The molecule has 0 aliphatic carbocycles. The first-order chi connectivity index (χ1) is 6.77. The summed E-state index contributed by atoms with van der Waals surface area (Å²) in [5, 5.41) is 1.21. The van der Waals surface area contributed by atoms with Crippen LogP contribution in [0.1, 0.15) is 20.3 Å². The molecule has 0 fully saturated rings. The first kappa shape index (κ1) is 11.0. The molecule has 1 unspecified atom stereocenters. The molecule has 0 saturated carbocycles. The highest BCUT2D eigenvalue weighted by Crippen LogP contribution is 1.98. The first-order valence-electron chi connectivity index (χ1n) is 5.02. The second kappa shape index (κ2) is 5.60. The minimum atomic E-state index is -1.50. The highest BCUT2D eigenvalue weighted by molar-refractivity contribution is 6.68. The van der Waals surface area contributed by atoms with Crippen LogP contribution in [0.15, 0.2) is 30.3 Å². The summed E-state index contributed by atoms with van der Waals surface area (Å²) in [6.45, 7) is 3.90. The number of benzene rings is 1. The molecule has 1 rings (SSSR count). The van der Waals surface area contributed by atoms with Crippen molar-refractivity contribution in [2.75, 3.05) is 0 Å². The molecule has 1 atom stereocenters. The molecule has 76 valence electrons. The first-order valence-corrected chi connectivity index (χ1v) is 6.88. The second-order valence-corrected chi connectivity index (χ2v) is 5.85.